The third-order valence-electron chi connectivity index (χ3n) is 4.34. The van der Waals surface area contributed by atoms with E-state index in [1.807, 2.05) is 0 Å². The first kappa shape index (κ1) is 11.0. The van der Waals surface area contributed by atoms with Gasteiger partial charge >= 0.3 is 0 Å². The summed E-state index contributed by atoms with van der Waals surface area (Å²) in [4.78, 5) is 11.0. The molecule has 0 radical (unpaired) electrons. The molecule has 5 unspecified atom stereocenters. The van der Waals surface area contributed by atoms with E-state index in [0.717, 1.165) is 29.6 Å². The smallest absolute Gasteiger partial charge is 0.217 e. The Morgan fingerprint density at radius 3 is 2.53 bits per heavy atom. The number of amides is 1. The molecular weight excluding hydrogens is 186 g/mol. The lowest BCUT2D eigenvalue weighted by atomic mass is 9.87. The van der Waals surface area contributed by atoms with Crippen LogP contribution in [0.4, 0.5) is 0 Å². The lowest BCUT2D eigenvalue weighted by Crippen LogP contribution is -2.37. The van der Waals surface area contributed by atoms with Crippen molar-refractivity contribution in [2.45, 2.75) is 46.6 Å². The first-order valence-electron chi connectivity index (χ1n) is 6.27. The van der Waals surface area contributed by atoms with Gasteiger partial charge in [-0.15, -0.1) is 0 Å². The van der Waals surface area contributed by atoms with Crippen LogP contribution in [0.25, 0.3) is 0 Å². The molecule has 2 saturated carbocycles. The Kier molecular flexibility index (Phi) is 2.78. The Balaban J connectivity index is 1.94. The third kappa shape index (κ3) is 2.04. The molecule has 0 aliphatic heterocycles. The number of carbonyl (C=O) groups excluding carboxylic acids is 1. The average Bonchev–Trinajstić information content (AvgIpc) is 2.76. The number of rotatable bonds is 2. The minimum atomic E-state index is 0.132. The highest BCUT2D eigenvalue weighted by Crippen LogP contribution is 2.60. The minimum Gasteiger partial charge on any atom is -0.354 e. The van der Waals surface area contributed by atoms with Gasteiger partial charge in [-0.1, -0.05) is 20.8 Å². The predicted octanol–water partition coefficient (Wildman–Crippen LogP) is 2.44. The molecule has 5 atom stereocenters. The molecule has 0 aromatic heterocycles. The summed E-state index contributed by atoms with van der Waals surface area (Å²) in [6.45, 7) is 8.66. The van der Waals surface area contributed by atoms with Gasteiger partial charge in [-0.25, -0.2) is 0 Å². The Bertz CT molecular complexity index is 257. The quantitative estimate of drug-likeness (QED) is 0.743. The Morgan fingerprint density at radius 2 is 2.00 bits per heavy atom. The summed E-state index contributed by atoms with van der Waals surface area (Å²) >= 11 is 0. The topological polar surface area (TPSA) is 29.1 Å². The van der Waals surface area contributed by atoms with Crippen LogP contribution >= 0.6 is 0 Å². The molecule has 15 heavy (non-hydrogen) atoms. The Hall–Kier alpha value is -0.530. The highest BCUT2D eigenvalue weighted by atomic mass is 16.1. The van der Waals surface area contributed by atoms with Crippen molar-refractivity contribution in [1.29, 1.82) is 0 Å². The van der Waals surface area contributed by atoms with Crippen molar-refractivity contribution in [3.05, 3.63) is 0 Å². The molecule has 0 saturated heterocycles. The van der Waals surface area contributed by atoms with Crippen molar-refractivity contribution in [2.24, 2.45) is 29.6 Å². The van der Waals surface area contributed by atoms with E-state index in [9.17, 15) is 4.79 Å². The molecule has 2 fully saturated rings. The van der Waals surface area contributed by atoms with Crippen LogP contribution in [0.2, 0.25) is 0 Å². The summed E-state index contributed by atoms with van der Waals surface area (Å²) < 4.78 is 0. The molecule has 0 heterocycles. The van der Waals surface area contributed by atoms with Gasteiger partial charge in [-0.05, 0) is 42.4 Å². The van der Waals surface area contributed by atoms with E-state index in [0.29, 0.717) is 6.04 Å². The van der Waals surface area contributed by atoms with Crippen molar-refractivity contribution >= 4 is 5.91 Å². The van der Waals surface area contributed by atoms with E-state index in [2.05, 4.69) is 26.1 Å². The van der Waals surface area contributed by atoms with Crippen LogP contribution in [0.5, 0.6) is 0 Å². The second-order valence-corrected chi connectivity index (χ2v) is 5.91. The predicted molar refractivity (Wildman–Crippen MR) is 61.3 cm³/mol. The fourth-order valence-electron chi connectivity index (χ4n) is 3.92. The summed E-state index contributed by atoms with van der Waals surface area (Å²) in [6.07, 6.45) is 2.40. The highest BCUT2D eigenvalue weighted by molar-refractivity contribution is 5.73. The molecule has 1 N–H and O–H groups in total. The summed E-state index contributed by atoms with van der Waals surface area (Å²) in [7, 11) is 0. The molecule has 0 spiro atoms. The lowest BCUT2D eigenvalue weighted by molar-refractivity contribution is -0.119. The van der Waals surface area contributed by atoms with E-state index < -0.39 is 0 Å². The number of carbonyl (C=O) groups is 1. The van der Waals surface area contributed by atoms with Gasteiger partial charge in [0.15, 0.2) is 0 Å². The molecule has 2 heteroatoms. The van der Waals surface area contributed by atoms with Crippen molar-refractivity contribution in [3.8, 4) is 0 Å². The molecule has 2 aliphatic rings. The summed E-state index contributed by atoms with van der Waals surface area (Å²) in [6, 6.07) is 0.447. The molecule has 1 amide bonds. The zero-order valence-corrected chi connectivity index (χ0v) is 10.3. The van der Waals surface area contributed by atoms with Gasteiger partial charge in [0.25, 0.3) is 0 Å². The first-order chi connectivity index (χ1) is 7.00. The molecule has 86 valence electrons. The molecule has 0 aromatic carbocycles. The minimum absolute atomic E-state index is 0.132. The first-order valence-corrected chi connectivity index (χ1v) is 6.27. The zero-order chi connectivity index (χ0) is 11.2. The molecular formula is C13H23NO. The second-order valence-electron chi connectivity index (χ2n) is 5.91. The average molecular weight is 209 g/mol. The van der Waals surface area contributed by atoms with Gasteiger partial charge in [-0.3, -0.25) is 4.79 Å². The van der Waals surface area contributed by atoms with Gasteiger partial charge in [0.2, 0.25) is 5.91 Å². The second kappa shape index (κ2) is 3.80. The van der Waals surface area contributed by atoms with Crippen LogP contribution < -0.4 is 5.32 Å². The van der Waals surface area contributed by atoms with Crippen molar-refractivity contribution in [2.75, 3.05) is 0 Å². The number of hydrogen-bond acceptors (Lipinski definition) is 1. The molecule has 0 bridgehead atoms. The van der Waals surface area contributed by atoms with Gasteiger partial charge in [0.05, 0.1) is 0 Å². The van der Waals surface area contributed by atoms with Crippen LogP contribution in [0, 0.1) is 29.6 Å². The van der Waals surface area contributed by atoms with Gasteiger partial charge in [0, 0.05) is 13.0 Å². The Labute approximate surface area is 92.8 Å². The molecule has 2 aliphatic carbocycles. The maximum atomic E-state index is 11.0. The van der Waals surface area contributed by atoms with Crippen LogP contribution in [0.15, 0.2) is 0 Å². The van der Waals surface area contributed by atoms with E-state index in [1.165, 1.54) is 12.8 Å². The van der Waals surface area contributed by atoms with Crippen molar-refractivity contribution in [1.82, 2.24) is 5.32 Å². The van der Waals surface area contributed by atoms with Crippen LogP contribution in [-0.2, 0) is 4.79 Å². The maximum absolute atomic E-state index is 11.0. The van der Waals surface area contributed by atoms with Crippen LogP contribution in [0.1, 0.15) is 40.5 Å². The SMILES string of the molecule is CC(=O)NC1CC(C)C2C(C1)C2C(C)C. The van der Waals surface area contributed by atoms with Crippen LogP contribution in [0.3, 0.4) is 0 Å². The van der Waals surface area contributed by atoms with E-state index in [1.54, 1.807) is 6.92 Å². The molecule has 2 rings (SSSR count). The van der Waals surface area contributed by atoms with E-state index in [-0.39, 0.29) is 5.91 Å². The van der Waals surface area contributed by atoms with E-state index in [4.69, 9.17) is 0 Å². The van der Waals surface area contributed by atoms with Gasteiger partial charge in [-0.2, -0.15) is 0 Å². The number of fused-ring (bicyclic) bond motifs is 1. The fraction of sp³-hybridized carbons (Fsp3) is 0.923. The summed E-state index contributed by atoms with van der Waals surface area (Å²) in [5.41, 5.74) is 0. The van der Waals surface area contributed by atoms with E-state index >= 15 is 0 Å². The van der Waals surface area contributed by atoms with Gasteiger partial charge in [0.1, 0.15) is 0 Å². The zero-order valence-electron chi connectivity index (χ0n) is 10.3. The highest BCUT2D eigenvalue weighted by Gasteiger charge is 2.56. The number of nitrogens with one attached hydrogen (secondary N) is 1. The Morgan fingerprint density at radius 1 is 1.33 bits per heavy atom. The standard InChI is InChI=1S/C13H23NO/c1-7(2)12-11-6-10(14-9(4)15)5-8(3)13(11)12/h7-8,10-13H,5-6H2,1-4H3,(H,14,15). The monoisotopic (exact) mass is 209 g/mol. The van der Waals surface area contributed by atoms with Crippen molar-refractivity contribution in [3.63, 3.8) is 0 Å². The largest absolute Gasteiger partial charge is 0.354 e. The summed E-state index contributed by atoms with van der Waals surface area (Å²) in [5.74, 6) is 4.53. The number of hydrogen-bond donors (Lipinski definition) is 1. The third-order valence-corrected chi connectivity index (χ3v) is 4.34. The normalized spacial score (nSPS) is 43.7. The van der Waals surface area contributed by atoms with Crippen LogP contribution in [-0.4, -0.2) is 11.9 Å². The fourth-order valence-corrected chi connectivity index (χ4v) is 3.92. The summed E-state index contributed by atoms with van der Waals surface area (Å²) in [5, 5.41) is 3.09. The maximum Gasteiger partial charge on any atom is 0.217 e. The van der Waals surface area contributed by atoms with Gasteiger partial charge < -0.3 is 5.32 Å². The molecule has 0 aromatic rings. The van der Waals surface area contributed by atoms with Crippen molar-refractivity contribution < 1.29 is 4.79 Å². The molecule has 2 nitrogen and oxygen atoms in total. The lowest BCUT2D eigenvalue weighted by Gasteiger charge is -2.26.